The summed E-state index contributed by atoms with van der Waals surface area (Å²) in [7, 11) is 0. The molecule has 3 aromatic rings. The predicted octanol–water partition coefficient (Wildman–Crippen LogP) is 5.88. The minimum absolute atomic E-state index is 0.554. The average Bonchev–Trinajstić information content (AvgIpc) is 3.01. The van der Waals surface area contributed by atoms with Crippen LogP contribution in [0.4, 0.5) is 0 Å². The van der Waals surface area contributed by atoms with E-state index in [9.17, 15) is 0 Å². The fourth-order valence-corrected chi connectivity index (χ4v) is 3.12. The van der Waals surface area contributed by atoms with E-state index in [1.54, 1.807) is 0 Å². The summed E-state index contributed by atoms with van der Waals surface area (Å²) in [6.45, 7) is 8.93. The Labute approximate surface area is 133 Å². The van der Waals surface area contributed by atoms with Crippen LogP contribution < -0.4 is 0 Å². The van der Waals surface area contributed by atoms with Gasteiger partial charge in [0.1, 0.15) is 0 Å². The molecular weight excluding hydrogens is 266 g/mol. The number of rotatable bonds is 3. The van der Waals surface area contributed by atoms with Crippen LogP contribution in [-0.2, 0) is 0 Å². The van der Waals surface area contributed by atoms with Crippen LogP contribution in [0.1, 0.15) is 36.5 Å². The molecule has 0 N–H and O–H groups in total. The van der Waals surface area contributed by atoms with Crippen molar-refractivity contribution < 1.29 is 0 Å². The highest BCUT2D eigenvalue weighted by Gasteiger charge is 2.09. The standard InChI is InChI=1S/C21H23N/c1-15(2)20-14-21(17(4)13-16(20)3)18-7-9-19(10-8-18)22-11-5-6-12-22/h5-15H,1-4H3. The van der Waals surface area contributed by atoms with Crippen molar-refractivity contribution in [3.05, 3.63) is 77.6 Å². The number of hydrogen-bond donors (Lipinski definition) is 0. The molecule has 3 rings (SSSR count). The third-order valence-corrected chi connectivity index (χ3v) is 4.32. The molecular formula is C21H23N. The van der Waals surface area contributed by atoms with Crippen LogP contribution in [-0.4, -0.2) is 4.57 Å². The van der Waals surface area contributed by atoms with E-state index in [2.05, 4.69) is 81.1 Å². The molecule has 1 heteroatoms. The largest absolute Gasteiger partial charge is 0.324 e. The summed E-state index contributed by atoms with van der Waals surface area (Å²) >= 11 is 0. The van der Waals surface area contributed by atoms with Gasteiger partial charge in [-0.3, -0.25) is 0 Å². The van der Waals surface area contributed by atoms with Crippen molar-refractivity contribution in [2.75, 3.05) is 0 Å². The third kappa shape index (κ3) is 2.71. The van der Waals surface area contributed by atoms with Crippen LogP contribution in [0.5, 0.6) is 0 Å². The molecule has 0 spiro atoms. The summed E-state index contributed by atoms with van der Waals surface area (Å²) < 4.78 is 2.13. The molecule has 1 heterocycles. The first-order chi connectivity index (χ1) is 10.6. The van der Waals surface area contributed by atoms with Gasteiger partial charge in [-0.15, -0.1) is 0 Å². The van der Waals surface area contributed by atoms with Crippen molar-refractivity contribution in [3.63, 3.8) is 0 Å². The monoisotopic (exact) mass is 289 g/mol. The minimum Gasteiger partial charge on any atom is -0.324 e. The highest BCUT2D eigenvalue weighted by atomic mass is 14.9. The summed E-state index contributed by atoms with van der Waals surface area (Å²) in [6, 6.07) is 17.6. The molecule has 0 radical (unpaired) electrons. The summed E-state index contributed by atoms with van der Waals surface area (Å²) in [5.41, 5.74) is 8.00. The Hall–Kier alpha value is -2.28. The lowest BCUT2D eigenvalue weighted by molar-refractivity contribution is 0.856. The second-order valence-electron chi connectivity index (χ2n) is 6.32. The number of aromatic nitrogens is 1. The Balaban J connectivity index is 2.02. The number of benzene rings is 2. The molecule has 0 unspecified atom stereocenters. The SMILES string of the molecule is Cc1cc(C)c(C(C)C)cc1-c1ccc(-n2cccc2)cc1. The van der Waals surface area contributed by atoms with Crippen molar-refractivity contribution in [2.24, 2.45) is 0 Å². The third-order valence-electron chi connectivity index (χ3n) is 4.32. The van der Waals surface area contributed by atoms with Crippen LogP contribution >= 0.6 is 0 Å². The molecule has 0 aliphatic carbocycles. The van der Waals surface area contributed by atoms with Crippen molar-refractivity contribution >= 4 is 0 Å². The molecule has 0 amide bonds. The van der Waals surface area contributed by atoms with Crippen LogP contribution in [0.2, 0.25) is 0 Å². The molecule has 0 aliphatic heterocycles. The molecule has 0 bridgehead atoms. The molecule has 1 aromatic heterocycles. The molecule has 0 saturated heterocycles. The normalized spacial score (nSPS) is 11.1. The number of hydrogen-bond acceptors (Lipinski definition) is 0. The minimum atomic E-state index is 0.554. The molecule has 0 atom stereocenters. The highest BCUT2D eigenvalue weighted by molar-refractivity contribution is 5.70. The fourth-order valence-electron chi connectivity index (χ4n) is 3.12. The maximum absolute atomic E-state index is 2.36. The van der Waals surface area contributed by atoms with Gasteiger partial charge >= 0.3 is 0 Å². The quantitative estimate of drug-likeness (QED) is 0.567. The summed E-state index contributed by atoms with van der Waals surface area (Å²) in [4.78, 5) is 0. The molecule has 2 aromatic carbocycles. The smallest absolute Gasteiger partial charge is 0.0449 e. The van der Waals surface area contributed by atoms with Crippen molar-refractivity contribution in [1.82, 2.24) is 4.57 Å². The van der Waals surface area contributed by atoms with Crippen molar-refractivity contribution in [2.45, 2.75) is 33.6 Å². The Morgan fingerprint density at radius 1 is 0.818 bits per heavy atom. The zero-order chi connectivity index (χ0) is 15.7. The Bertz CT molecular complexity index is 762. The Kier molecular flexibility index (Phi) is 3.89. The van der Waals surface area contributed by atoms with Gasteiger partial charge in [0, 0.05) is 18.1 Å². The molecule has 1 nitrogen and oxygen atoms in total. The first-order valence-electron chi connectivity index (χ1n) is 7.91. The van der Waals surface area contributed by atoms with E-state index in [0.29, 0.717) is 5.92 Å². The summed E-state index contributed by atoms with van der Waals surface area (Å²) in [6.07, 6.45) is 4.14. The van der Waals surface area contributed by atoms with Gasteiger partial charge < -0.3 is 4.57 Å². The molecule has 0 fully saturated rings. The second kappa shape index (κ2) is 5.84. The maximum atomic E-state index is 2.36. The topological polar surface area (TPSA) is 4.93 Å². The number of aryl methyl sites for hydroxylation is 2. The lowest BCUT2D eigenvalue weighted by Crippen LogP contribution is -1.96. The van der Waals surface area contributed by atoms with Crippen molar-refractivity contribution in [3.8, 4) is 16.8 Å². The average molecular weight is 289 g/mol. The van der Waals surface area contributed by atoms with Crippen LogP contribution in [0, 0.1) is 13.8 Å². The van der Waals surface area contributed by atoms with Gasteiger partial charge in [-0.2, -0.15) is 0 Å². The van der Waals surface area contributed by atoms with Gasteiger partial charge in [0.15, 0.2) is 0 Å². The Morgan fingerprint density at radius 2 is 1.45 bits per heavy atom. The maximum Gasteiger partial charge on any atom is 0.0449 e. The van der Waals surface area contributed by atoms with E-state index in [1.807, 2.05) is 12.1 Å². The van der Waals surface area contributed by atoms with E-state index in [0.717, 1.165) is 0 Å². The van der Waals surface area contributed by atoms with Gasteiger partial charge in [-0.25, -0.2) is 0 Å². The van der Waals surface area contributed by atoms with E-state index in [4.69, 9.17) is 0 Å². The molecule has 0 saturated carbocycles. The van der Waals surface area contributed by atoms with Crippen molar-refractivity contribution in [1.29, 1.82) is 0 Å². The zero-order valence-electron chi connectivity index (χ0n) is 13.8. The van der Waals surface area contributed by atoms with Gasteiger partial charge in [0.25, 0.3) is 0 Å². The molecule has 0 aliphatic rings. The number of nitrogens with zero attached hydrogens (tertiary/aromatic N) is 1. The van der Waals surface area contributed by atoms with Gasteiger partial charge in [0.05, 0.1) is 0 Å². The van der Waals surface area contributed by atoms with E-state index in [1.165, 1.54) is 33.5 Å². The lowest BCUT2D eigenvalue weighted by Gasteiger charge is -2.15. The predicted molar refractivity (Wildman–Crippen MR) is 94.8 cm³/mol. The van der Waals surface area contributed by atoms with E-state index < -0.39 is 0 Å². The summed E-state index contributed by atoms with van der Waals surface area (Å²) in [5.74, 6) is 0.554. The summed E-state index contributed by atoms with van der Waals surface area (Å²) in [5, 5.41) is 0. The van der Waals surface area contributed by atoms with Gasteiger partial charge in [-0.1, -0.05) is 38.1 Å². The lowest BCUT2D eigenvalue weighted by atomic mass is 9.90. The fraction of sp³-hybridized carbons (Fsp3) is 0.238. The van der Waals surface area contributed by atoms with Crippen LogP contribution in [0.3, 0.4) is 0 Å². The Morgan fingerprint density at radius 3 is 2.05 bits per heavy atom. The first kappa shape index (κ1) is 14.6. The molecule has 22 heavy (non-hydrogen) atoms. The van der Waals surface area contributed by atoms with Gasteiger partial charge in [0.2, 0.25) is 0 Å². The highest BCUT2D eigenvalue weighted by Crippen LogP contribution is 2.30. The van der Waals surface area contributed by atoms with Gasteiger partial charge in [-0.05, 0) is 71.8 Å². The first-order valence-corrected chi connectivity index (χ1v) is 7.91. The van der Waals surface area contributed by atoms with E-state index in [-0.39, 0.29) is 0 Å². The zero-order valence-corrected chi connectivity index (χ0v) is 13.8. The molecule has 112 valence electrons. The van der Waals surface area contributed by atoms with E-state index >= 15 is 0 Å². The second-order valence-corrected chi connectivity index (χ2v) is 6.32. The van der Waals surface area contributed by atoms with Crippen LogP contribution in [0.15, 0.2) is 60.9 Å². The van der Waals surface area contributed by atoms with Crippen LogP contribution in [0.25, 0.3) is 16.8 Å².